The number of hydrogen-bond acceptors (Lipinski definition) is 4. The van der Waals surface area contributed by atoms with Gasteiger partial charge in [0.1, 0.15) is 6.61 Å². The summed E-state index contributed by atoms with van der Waals surface area (Å²) in [6.07, 6.45) is 28.6. The molecule has 0 saturated carbocycles. The summed E-state index contributed by atoms with van der Waals surface area (Å²) in [6.45, 7) is 3.90. The van der Waals surface area contributed by atoms with Crippen LogP contribution in [0.5, 0.6) is 0 Å². The van der Waals surface area contributed by atoms with E-state index in [2.05, 4.69) is 19.1 Å². The van der Waals surface area contributed by atoms with Crippen molar-refractivity contribution < 1.29 is 19.0 Å². The molecule has 0 aromatic heterocycles. The molecule has 0 amide bonds. The van der Waals surface area contributed by atoms with Crippen molar-refractivity contribution in [2.24, 2.45) is 0 Å². The van der Waals surface area contributed by atoms with Crippen LogP contribution in [0.2, 0.25) is 0 Å². The van der Waals surface area contributed by atoms with E-state index in [0.29, 0.717) is 19.6 Å². The highest BCUT2D eigenvalue weighted by molar-refractivity contribution is 5.69. The molecule has 1 fully saturated rings. The van der Waals surface area contributed by atoms with E-state index in [4.69, 9.17) is 14.2 Å². The van der Waals surface area contributed by atoms with Crippen LogP contribution in [0.15, 0.2) is 24.3 Å². The van der Waals surface area contributed by atoms with Crippen LogP contribution < -0.4 is 0 Å². The molecular weight excluding hydrogens is 388 g/mol. The Morgan fingerprint density at radius 1 is 0.806 bits per heavy atom. The Morgan fingerprint density at radius 3 is 2.13 bits per heavy atom. The SMILES string of the molecule is CCCCCCCC/C=C\CCCCCCCC(=O)OC/C=C\COC1CCCCO1. The topological polar surface area (TPSA) is 44.8 Å². The zero-order valence-electron chi connectivity index (χ0n) is 20.2. The molecule has 4 nitrogen and oxygen atoms in total. The summed E-state index contributed by atoms with van der Waals surface area (Å²) in [7, 11) is 0. The zero-order chi connectivity index (χ0) is 22.2. The van der Waals surface area contributed by atoms with Gasteiger partial charge in [-0.15, -0.1) is 0 Å². The molecule has 1 rings (SSSR count). The zero-order valence-corrected chi connectivity index (χ0v) is 20.2. The highest BCUT2D eigenvalue weighted by atomic mass is 16.7. The molecule has 1 atom stereocenters. The van der Waals surface area contributed by atoms with Gasteiger partial charge in [0.2, 0.25) is 0 Å². The number of carbonyl (C=O) groups is 1. The van der Waals surface area contributed by atoms with Crippen molar-refractivity contribution in [1.29, 1.82) is 0 Å². The Labute approximate surface area is 191 Å². The minimum atomic E-state index is -0.0983. The maximum absolute atomic E-state index is 11.7. The first-order valence-electron chi connectivity index (χ1n) is 13.0. The van der Waals surface area contributed by atoms with Crippen molar-refractivity contribution in [3.05, 3.63) is 24.3 Å². The predicted octanol–water partition coefficient (Wildman–Crippen LogP) is 7.67. The molecule has 1 unspecified atom stereocenters. The highest BCUT2D eigenvalue weighted by Crippen LogP contribution is 2.13. The summed E-state index contributed by atoms with van der Waals surface area (Å²) in [4.78, 5) is 11.7. The molecule has 0 aromatic rings. The third-order valence-corrected chi connectivity index (χ3v) is 5.67. The van der Waals surface area contributed by atoms with Crippen LogP contribution in [0.3, 0.4) is 0 Å². The molecule has 1 heterocycles. The quantitative estimate of drug-likeness (QED) is 0.112. The molecular formula is C27H48O4. The van der Waals surface area contributed by atoms with Crippen LogP contribution in [0.1, 0.15) is 116 Å². The molecule has 31 heavy (non-hydrogen) atoms. The molecule has 0 aromatic carbocycles. The fourth-order valence-electron chi connectivity index (χ4n) is 3.69. The molecule has 0 bridgehead atoms. The van der Waals surface area contributed by atoms with Gasteiger partial charge in [-0.3, -0.25) is 4.79 Å². The summed E-state index contributed by atoms with van der Waals surface area (Å²) < 4.78 is 16.3. The van der Waals surface area contributed by atoms with E-state index in [1.54, 1.807) is 0 Å². The van der Waals surface area contributed by atoms with Crippen molar-refractivity contribution in [3.63, 3.8) is 0 Å². The van der Waals surface area contributed by atoms with Crippen LogP contribution in [0.4, 0.5) is 0 Å². The normalized spacial score (nSPS) is 17.0. The van der Waals surface area contributed by atoms with Crippen molar-refractivity contribution in [3.8, 4) is 0 Å². The predicted molar refractivity (Wildman–Crippen MR) is 129 cm³/mol. The molecule has 0 aliphatic carbocycles. The first-order valence-corrected chi connectivity index (χ1v) is 13.0. The van der Waals surface area contributed by atoms with E-state index >= 15 is 0 Å². The molecule has 1 aliphatic heterocycles. The van der Waals surface area contributed by atoms with Gasteiger partial charge in [0.25, 0.3) is 0 Å². The van der Waals surface area contributed by atoms with Crippen LogP contribution in [0.25, 0.3) is 0 Å². The second kappa shape index (κ2) is 22.1. The number of esters is 1. The summed E-state index contributed by atoms with van der Waals surface area (Å²) in [5, 5.41) is 0. The summed E-state index contributed by atoms with van der Waals surface area (Å²) in [5.74, 6) is -0.0983. The lowest BCUT2D eigenvalue weighted by Gasteiger charge is -2.21. The Bertz CT molecular complexity index is 452. The van der Waals surface area contributed by atoms with E-state index in [1.165, 1.54) is 77.0 Å². The van der Waals surface area contributed by atoms with E-state index in [9.17, 15) is 4.79 Å². The second-order valence-corrected chi connectivity index (χ2v) is 8.62. The van der Waals surface area contributed by atoms with E-state index in [0.717, 1.165) is 32.3 Å². The maximum Gasteiger partial charge on any atom is 0.306 e. The van der Waals surface area contributed by atoms with Gasteiger partial charge in [0.15, 0.2) is 6.29 Å². The monoisotopic (exact) mass is 436 g/mol. The van der Waals surface area contributed by atoms with Crippen LogP contribution in [-0.2, 0) is 19.0 Å². The maximum atomic E-state index is 11.7. The van der Waals surface area contributed by atoms with Crippen molar-refractivity contribution >= 4 is 5.97 Å². The lowest BCUT2D eigenvalue weighted by molar-refractivity contribution is -0.155. The van der Waals surface area contributed by atoms with Gasteiger partial charge >= 0.3 is 5.97 Å². The molecule has 1 aliphatic rings. The van der Waals surface area contributed by atoms with Crippen molar-refractivity contribution in [1.82, 2.24) is 0 Å². The minimum Gasteiger partial charge on any atom is -0.461 e. The number of rotatable bonds is 20. The standard InChI is InChI=1S/C27H48O4/c1-2-3-4-5-6-7-8-9-10-11-12-13-14-15-16-21-26(28)29-23-19-20-25-31-27-22-17-18-24-30-27/h9-10,19-20,27H,2-8,11-18,21-25H2,1H3/b10-9-,20-19-. The first-order chi connectivity index (χ1) is 15.3. The van der Waals surface area contributed by atoms with E-state index < -0.39 is 0 Å². The Kier molecular flexibility index (Phi) is 19.9. The van der Waals surface area contributed by atoms with E-state index in [1.807, 2.05) is 12.2 Å². The third-order valence-electron chi connectivity index (χ3n) is 5.67. The number of hydrogen-bond donors (Lipinski definition) is 0. The number of unbranched alkanes of at least 4 members (excludes halogenated alkanes) is 11. The fraction of sp³-hybridized carbons (Fsp3) is 0.815. The molecule has 0 radical (unpaired) electrons. The largest absolute Gasteiger partial charge is 0.461 e. The Hall–Kier alpha value is -1.13. The van der Waals surface area contributed by atoms with Gasteiger partial charge in [-0.05, 0) is 57.4 Å². The average Bonchev–Trinajstić information content (AvgIpc) is 2.79. The molecule has 0 N–H and O–H groups in total. The summed E-state index contributed by atoms with van der Waals surface area (Å²) in [5.41, 5.74) is 0. The van der Waals surface area contributed by atoms with Crippen LogP contribution >= 0.6 is 0 Å². The number of ether oxygens (including phenoxy) is 3. The van der Waals surface area contributed by atoms with Gasteiger partial charge < -0.3 is 14.2 Å². The van der Waals surface area contributed by atoms with Crippen LogP contribution in [-0.4, -0.2) is 32.1 Å². The Morgan fingerprint density at radius 2 is 1.45 bits per heavy atom. The lowest BCUT2D eigenvalue weighted by atomic mass is 10.1. The molecule has 180 valence electrons. The first kappa shape index (κ1) is 27.9. The highest BCUT2D eigenvalue weighted by Gasteiger charge is 2.12. The lowest BCUT2D eigenvalue weighted by Crippen LogP contribution is -2.22. The summed E-state index contributed by atoms with van der Waals surface area (Å²) >= 11 is 0. The van der Waals surface area contributed by atoms with Crippen molar-refractivity contribution in [2.75, 3.05) is 19.8 Å². The van der Waals surface area contributed by atoms with Gasteiger partial charge in [-0.1, -0.05) is 76.5 Å². The molecule has 4 heteroatoms. The fourth-order valence-corrected chi connectivity index (χ4v) is 3.69. The molecule has 0 spiro atoms. The summed E-state index contributed by atoms with van der Waals surface area (Å²) in [6, 6.07) is 0. The van der Waals surface area contributed by atoms with Gasteiger partial charge in [-0.25, -0.2) is 0 Å². The number of allylic oxidation sites excluding steroid dienone is 2. The van der Waals surface area contributed by atoms with Gasteiger partial charge in [0.05, 0.1) is 6.61 Å². The second-order valence-electron chi connectivity index (χ2n) is 8.62. The Balaban J connectivity index is 1.78. The average molecular weight is 437 g/mol. The minimum absolute atomic E-state index is 0.0675. The van der Waals surface area contributed by atoms with Gasteiger partial charge in [0, 0.05) is 13.0 Å². The smallest absolute Gasteiger partial charge is 0.306 e. The third kappa shape index (κ3) is 19.3. The van der Waals surface area contributed by atoms with E-state index in [-0.39, 0.29) is 12.3 Å². The van der Waals surface area contributed by atoms with Crippen molar-refractivity contribution in [2.45, 2.75) is 122 Å². The van der Waals surface area contributed by atoms with Gasteiger partial charge in [-0.2, -0.15) is 0 Å². The molecule has 1 saturated heterocycles. The number of carbonyl (C=O) groups excluding carboxylic acids is 1. The van der Waals surface area contributed by atoms with Crippen LogP contribution in [0, 0.1) is 0 Å².